The van der Waals surface area contributed by atoms with E-state index in [0.29, 0.717) is 51.4 Å². The van der Waals surface area contributed by atoms with Gasteiger partial charge in [0.1, 0.15) is 6.10 Å². The summed E-state index contributed by atoms with van der Waals surface area (Å²) >= 11 is 0. The first-order chi connectivity index (χ1) is 14.4. The van der Waals surface area contributed by atoms with Crippen LogP contribution < -0.4 is 4.74 Å². The maximum absolute atomic E-state index is 13.7. The Bertz CT molecular complexity index is 1010. The van der Waals surface area contributed by atoms with Crippen molar-refractivity contribution in [2.24, 2.45) is 0 Å². The van der Waals surface area contributed by atoms with E-state index >= 15 is 0 Å². The van der Waals surface area contributed by atoms with Crippen LogP contribution in [0.3, 0.4) is 0 Å². The van der Waals surface area contributed by atoms with E-state index < -0.39 is 15.8 Å². The number of nitrogens with zero attached hydrogens (tertiary/aromatic N) is 3. The van der Waals surface area contributed by atoms with Crippen molar-refractivity contribution in [1.82, 2.24) is 14.2 Å². The second kappa shape index (κ2) is 8.66. The summed E-state index contributed by atoms with van der Waals surface area (Å²) in [5.74, 6) is -0.645. The van der Waals surface area contributed by atoms with Gasteiger partial charge >= 0.3 is 0 Å². The molecule has 1 amide bonds. The Balaban J connectivity index is 1.40. The molecular formula is C20H22FN3O5S. The highest BCUT2D eigenvalue weighted by Crippen LogP contribution is 2.23. The predicted octanol–water partition coefficient (Wildman–Crippen LogP) is 1.54. The molecular weight excluding hydrogens is 413 g/mol. The van der Waals surface area contributed by atoms with Gasteiger partial charge in [0.15, 0.2) is 11.6 Å². The van der Waals surface area contributed by atoms with Crippen LogP contribution >= 0.6 is 0 Å². The number of likely N-dealkylation sites (tertiary alicyclic amines) is 1. The number of aromatic nitrogens is 1. The van der Waals surface area contributed by atoms with Gasteiger partial charge in [0.2, 0.25) is 10.0 Å². The molecule has 0 bridgehead atoms. The molecule has 1 unspecified atom stereocenters. The van der Waals surface area contributed by atoms with Crippen molar-refractivity contribution in [1.29, 1.82) is 0 Å². The zero-order chi connectivity index (χ0) is 21.1. The monoisotopic (exact) mass is 435 g/mol. The second-order valence-electron chi connectivity index (χ2n) is 7.13. The Morgan fingerprint density at radius 2 is 1.87 bits per heavy atom. The third-order valence-corrected chi connectivity index (χ3v) is 7.08. The summed E-state index contributed by atoms with van der Waals surface area (Å²) in [6.07, 6.45) is 2.80. The summed E-state index contributed by atoms with van der Waals surface area (Å²) in [5.41, 5.74) is 0.395. The molecule has 8 nitrogen and oxygen atoms in total. The molecule has 0 aliphatic carbocycles. The van der Waals surface area contributed by atoms with Crippen LogP contribution in [0.2, 0.25) is 0 Å². The third-order valence-electron chi connectivity index (χ3n) is 5.17. The summed E-state index contributed by atoms with van der Waals surface area (Å²) in [5, 5.41) is 0. The lowest BCUT2D eigenvalue weighted by atomic mass is 10.2. The average molecular weight is 435 g/mol. The first kappa shape index (κ1) is 20.7. The van der Waals surface area contributed by atoms with Gasteiger partial charge in [0, 0.05) is 43.9 Å². The molecule has 0 N–H and O–H groups in total. The van der Waals surface area contributed by atoms with Gasteiger partial charge < -0.3 is 14.4 Å². The minimum Gasteiger partial charge on any atom is -0.485 e. The normalized spacial score (nSPS) is 20.3. The number of ether oxygens (including phenoxy) is 2. The summed E-state index contributed by atoms with van der Waals surface area (Å²) in [7, 11) is -3.60. The molecule has 0 spiro atoms. The number of sulfonamides is 1. The Labute approximate surface area is 174 Å². The average Bonchev–Trinajstić information content (AvgIpc) is 3.24. The largest absolute Gasteiger partial charge is 0.485 e. The number of carbonyl (C=O) groups excluding carboxylic acids is 1. The predicted molar refractivity (Wildman–Crippen MR) is 105 cm³/mol. The SMILES string of the molecule is O=C(c1ccc(S(=O)(=O)N2CCOCC2)cc1)N1CCC(Oc2ccncc2F)C1. The molecule has 30 heavy (non-hydrogen) atoms. The van der Waals surface area contributed by atoms with Crippen molar-refractivity contribution in [3.05, 3.63) is 54.1 Å². The molecule has 4 rings (SSSR count). The molecule has 1 aromatic carbocycles. The van der Waals surface area contributed by atoms with Gasteiger partial charge in [0.25, 0.3) is 5.91 Å². The van der Waals surface area contributed by atoms with Gasteiger partial charge in [-0.3, -0.25) is 9.78 Å². The van der Waals surface area contributed by atoms with Gasteiger partial charge in [-0.15, -0.1) is 0 Å². The summed E-state index contributed by atoms with van der Waals surface area (Å²) in [6.45, 7) is 2.18. The van der Waals surface area contributed by atoms with Crippen molar-refractivity contribution in [3.63, 3.8) is 0 Å². The molecule has 10 heteroatoms. The first-order valence-electron chi connectivity index (χ1n) is 9.68. The number of benzene rings is 1. The molecule has 1 aromatic heterocycles. The van der Waals surface area contributed by atoms with E-state index in [9.17, 15) is 17.6 Å². The molecule has 1 atom stereocenters. The second-order valence-corrected chi connectivity index (χ2v) is 9.06. The fraction of sp³-hybridized carbons (Fsp3) is 0.400. The van der Waals surface area contributed by atoms with Crippen molar-refractivity contribution >= 4 is 15.9 Å². The number of carbonyl (C=O) groups is 1. The van der Waals surface area contributed by atoms with E-state index in [2.05, 4.69) is 4.98 Å². The molecule has 160 valence electrons. The van der Waals surface area contributed by atoms with Gasteiger partial charge in [-0.25, -0.2) is 12.8 Å². The zero-order valence-corrected chi connectivity index (χ0v) is 17.1. The Morgan fingerprint density at radius 3 is 2.57 bits per heavy atom. The lowest BCUT2D eigenvalue weighted by Gasteiger charge is -2.26. The summed E-state index contributed by atoms with van der Waals surface area (Å²) in [4.78, 5) is 18.2. The van der Waals surface area contributed by atoms with Crippen LogP contribution in [-0.4, -0.2) is 74.0 Å². The number of amides is 1. The molecule has 0 radical (unpaired) electrons. The maximum atomic E-state index is 13.7. The lowest BCUT2D eigenvalue weighted by molar-refractivity contribution is 0.0730. The quantitative estimate of drug-likeness (QED) is 0.708. The smallest absolute Gasteiger partial charge is 0.253 e. The van der Waals surface area contributed by atoms with Crippen molar-refractivity contribution < 1.29 is 27.1 Å². The molecule has 2 aromatic rings. The van der Waals surface area contributed by atoms with Crippen LogP contribution in [0.25, 0.3) is 0 Å². The fourth-order valence-corrected chi connectivity index (χ4v) is 4.94. The van der Waals surface area contributed by atoms with Crippen LogP contribution in [0.5, 0.6) is 5.75 Å². The third kappa shape index (κ3) is 4.30. The highest BCUT2D eigenvalue weighted by atomic mass is 32.2. The van der Waals surface area contributed by atoms with E-state index in [1.165, 1.54) is 40.8 Å². The van der Waals surface area contributed by atoms with Gasteiger partial charge in [-0.05, 0) is 24.3 Å². The zero-order valence-electron chi connectivity index (χ0n) is 16.2. The minimum absolute atomic E-state index is 0.113. The molecule has 2 aliphatic rings. The van der Waals surface area contributed by atoms with Gasteiger partial charge in [0.05, 0.1) is 30.9 Å². The number of pyridine rings is 1. The Morgan fingerprint density at radius 1 is 1.13 bits per heavy atom. The number of rotatable bonds is 5. The van der Waals surface area contributed by atoms with Crippen LogP contribution in [0.1, 0.15) is 16.8 Å². The number of halogens is 1. The highest BCUT2D eigenvalue weighted by Gasteiger charge is 2.30. The number of hydrogen-bond acceptors (Lipinski definition) is 6. The van der Waals surface area contributed by atoms with Crippen molar-refractivity contribution in [2.45, 2.75) is 17.4 Å². The minimum atomic E-state index is -3.60. The number of hydrogen-bond donors (Lipinski definition) is 0. The molecule has 2 aliphatic heterocycles. The molecule has 2 fully saturated rings. The molecule has 0 saturated carbocycles. The van der Waals surface area contributed by atoms with Gasteiger partial charge in [-0.2, -0.15) is 4.31 Å². The summed E-state index contributed by atoms with van der Waals surface area (Å²) < 4.78 is 51.3. The Kier molecular flexibility index (Phi) is 5.98. The van der Waals surface area contributed by atoms with E-state index in [0.717, 1.165) is 6.20 Å². The van der Waals surface area contributed by atoms with Crippen molar-refractivity contribution in [2.75, 3.05) is 39.4 Å². The Hall–Kier alpha value is -2.56. The first-order valence-corrected chi connectivity index (χ1v) is 11.1. The lowest BCUT2D eigenvalue weighted by Crippen LogP contribution is -2.40. The maximum Gasteiger partial charge on any atom is 0.253 e. The fourth-order valence-electron chi connectivity index (χ4n) is 3.53. The standard InChI is InChI=1S/C20H22FN3O5S/c21-18-13-22-7-5-19(18)29-16-6-8-23(14-16)20(25)15-1-3-17(4-2-15)30(26,27)24-9-11-28-12-10-24/h1-5,7,13,16H,6,8-12,14H2. The van der Waals surface area contributed by atoms with Crippen LogP contribution in [-0.2, 0) is 14.8 Å². The highest BCUT2D eigenvalue weighted by molar-refractivity contribution is 7.89. The summed E-state index contributed by atoms with van der Waals surface area (Å²) in [6, 6.07) is 7.40. The van der Waals surface area contributed by atoms with Crippen LogP contribution in [0.15, 0.2) is 47.6 Å². The van der Waals surface area contributed by atoms with Crippen LogP contribution in [0.4, 0.5) is 4.39 Å². The molecule has 3 heterocycles. The van der Waals surface area contributed by atoms with E-state index in [1.54, 1.807) is 4.90 Å². The van der Waals surface area contributed by atoms with E-state index in [1.807, 2.05) is 0 Å². The van der Waals surface area contributed by atoms with E-state index in [-0.39, 0.29) is 22.7 Å². The molecule has 2 saturated heterocycles. The van der Waals surface area contributed by atoms with Gasteiger partial charge in [-0.1, -0.05) is 0 Å². The topological polar surface area (TPSA) is 89.0 Å². The number of morpholine rings is 1. The van der Waals surface area contributed by atoms with E-state index in [4.69, 9.17) is 9.47 Å². The van der Waals surface area contributed by atoms with Crippen molar-refractivity contribution in [3.8, 4) is 5.75 Å². The van der Waals surface area contributed by atoms with Crippen LogP contribution in [0, 0.1) is 5.82 Å².